The summed E-state index contributed by atoms with van der Waals surface area (Å²) in [6.07, 6.45) is 43.8. The Bertz CT molecular complexity index is 870. The van der Waals surface area contributed by atoms with Gasteiger partial charge >= 0.3 is 17.9 Å². The summed E-state index contributed by atoms with van der Waals surface area (Å²) in [6.45, 7) is 11.3. The third-order valence-electron chi connectivity index (χ3n) is 11.5. The Balaban J connectivity index is 4.27. The molecule has 338 valence electrons. The molecule has 6 heteroatoms. The van der Waals surface area contributed by atoms with Crippen molar-refractivity contribution >= 4 is 17.9 Å². The van der Waals surface area contributed by atoms with Crippen LogP contribution in [0.15, 0.2) is 0 Å². The minimum Gasteiger partial charge on any atom is -0.462 e. The maximum absolute atomic E-state index is 12.8. The molecule has 0 amide bonds. The molecule has 1 atom stereocenters. The van der Waals surface area contributed by atoms with E-state index in [2.05, 4.69) is 34.6 Å². The van der Waals surface area contributed by atoms with Crippen molar-refractivity contribution < 1.29 is 28.6 Å². The number of esters is 3. The molecule has 0 aromatic rings. The maximum Gasteiger partial charge on any atom is 0.306 e. The zero-order chi connectivity index (χ0) is 41.9. The first kappa shape index (κ1) is 55.4. The summed E-state index contributed by atoms with van der Waals surface area (Å²) in [5.74, 6) is 0.810. The van der Waals surface area contributed by atoms with Gasteiger partial charge < -0.3 is 14.2 Å². The lowest BCUT2D eigenvalue weighted by molar-refractivity contribution is -0.167. The van der Waals surface area contributed by atoms with E-state index in [0.717, 1.165) is 69.6 Å². The fourth-order valence-corrected chi connectivity index (χ4v) is 7.64. The van der Waals surface area contributed by atoms with Crippen LogP contribution >= 0.6 is 0 Å². The molecule has 0 aromatic heterocycles. The monoisotopic (exact) mass is 807 g/mol. The smallest absolute Gasteiger partial charge is 0.306 e. The second-order valence-electron chi connectivity index (χ2n) is 18.4. The SMILES string of the molecule is CCCCCCCCCCCC(=O)OC[C@H](COC(=O)CCCCCCCCCCCCC(C)C)OC(=O)CCCCCCCCCCCCCCCCC(C)C. The Morgan fingerprint density at radius 2 is 0.579 bits per heavy atom. The quantitative estimate of drug-likeness (QED) is 0.0346. The highest BCUT2D eigenvalue weighted by Crippen LogP contribution is 2.17. The number of unbranched alkanes of at least 4 members (excludes halogenated alkanes) is 30. The Morgan fingerprint density at radius 3 is 0.860 bits per heavy atom. The first-order chi connectivity index (χ1) is 27.7. The molecule has 0 saturated carbocycles. The van der Waals surface area contributed by atoms with Crippen molar-refractivity contribution in [2.24, 2.45) is 11.8 Å². The van der Waals surface area contributed by atoms with Gasteiger partial charge in [0.05, 0.1) is 0 Å². The van der Waals surface area contributed by atoms with Crippen molar-refractivity contribution in [3.8, 4) is 0 Å². The zero-order valence-electron chi connectivity index (χ0n) is 39.0. The highest BCUT2D eigenvalue weighted by atomic mass is 16.6. The summed E-state index contributed by atoms with van der Waals surface area (Å²) in [5, 5.41) is 0. The van der Waals surface area contributed by atoms with Gasteiger partial charge in [-0.15, -0.1) is 0 Å². The summed E-state index contributed by atoms with van der Waals surface area (Å²) in [5.41, 5.74) is 0. The number of hydrogen-bond acceptors (Lipinski definition) is 6. The average molecular weight is 807 g/mol. The molecule has 0 fully saturated rings. The maximum atomic E-state index is 12.8. The number of rotatable bonds is 45. The van der Waals surface area contributed by atoms with E-state index in [1.807, 2.05) is 0 Å². The predicted molar refractivity (Wildman–Crippen MR) is 243 cm³/mol. The molecule has 0 aliphatic heterocycles. The molecular weight excluding hydrogens is 709 g/mol. The topological polar surface area (TPSA) is 78.9 Å². The Kier molecular flexibility index (Phi) is 42.7. The Morgan fingerprint density at radius 1 is 0.333 bits per heavy atom. The third-order valence-corrected chi connectivity index (χ3v) is 11.5. The second-order valence-corrected chi connectivity index (χ2v) is 18.4. The molecule has 0 unspecified atom stereocenters. The molecule has 0 N–H and O–H groups in total. The second kappa shape index (κ2) is 44.0. The van der Waals surface area contributed by atoms with Crippen LogP contribution < -0.4 is 0 Å². The van der Waals surface area contributed by atoms with Crippen LogP contribution in [0, 0.1) is 11.8 Å². The van der Waals surface area contributed by atoms with E-state index in [9.17, 15) is 14.4 Å². The average Bonchev–Trinajstić information content (AvgIpc) is 3.18. The van der Waals surface area contributed by atoms with Crippen molar-refractivity contribution in [3.63, 3.8) is 0 Å². The normalized spacial score (nSPS) is 12.1. The van der Waals surface area contributed by atoms with E-state index in [0.29, 0.717) is 19.3 Å². The summed E-state index contributed by atoms with van der Waals surface area (Å²) >= 11 is 0. The van der Waals surface area contributed by atoms with Crippen LogP contribution in [0.25, 0.3) is 0 Å². The van der Waals surface area contributed by atoms with Crippen LogP contribution in [0.3, 0.4) is 0 Å². The molecule has 0 spiro atoms. The van der Waals surface area contributed by atoms with Crippen molar-refractivity contribution in [2.45, 2.75) is 285 Å². The van der Waals surface area contributed by atoms with Crippen LogP contribution in [-0.2, 0) is 28.6 Å². The fourth-order valence-electron chi connectivity index (χ4n) is 7.64. The number of ether oxygens (including phenoxy) is 3. The Hall–Kier alpha value is -1.59. The number of carbonyl (C=O) groups excluding carboxylic acids is 3. The minimum atomic E-state index is -0.760. The van der Waals surface area contributed by atoms with Gasteiger partial charge in [0.2, 0.25) is 0 Å². The van der Waals surface area contributed by atoms with E-state index in [1.54, 1.807) is 0 Å². The summed E-state index contributed by atoms with van der Waals surface area (Å²) in [6, 6.07) is 0. The van der Waals surface area contributed by atoms with E-state index in [1.165, 1.54) is 167 Å². The lowest BCUT2D eigenvalue weighted by Crippen LogP contribution is -2.30. The standard InChI is InChI=1S/C51H98O6/c1-6-7-8-9-10-19-26-31-36-41-49(52)55-44-48(45-56-50(53)42-37-32-27-22-18-17-21-25-30-35-40-47(4)5)57-51(54)43-38-33-28-23-16-14-12-11-13-15-20-24-29-34-39-46(2)3/h46-48H,6-45H2,1-5H3/t48-/m1/s1. The first-order valence-corrected chi connectivity index (χ1v) is 25.2. The highest BCUT2D eigenvalue weighted by molar-refractivity contribution is 5.71. The molecule has 0 aliphatic rings. The van der Waals surface area contributed by atoms with Crippen molar-refractivity contribution in [3.05, 3.63) is 0 Å². The van der Waals surface area contributed by atoms with E-state index in [4.69, 9.17) is 14.2 Å². The molecule has 0 radical (unpaired) electrons. The van der Waals surface area contributed by atoms with Crippen LogP contribution in [0.5, 0.6) is 0 Å². The van der Waals surface area contributed by atoms with E-state index < -0.39 is 6.10 Å². The molecule has 6 nitrogen and oxygen atoms in total. The first-order valence-electron chi connectivity index (χ1n) is 25.2. The molecule has 57 heavy (non-hydrogen) atoms. The summed E-state index contributed by atoms with van der Waals surface area (Å²) in [7, 11) is 0. The number of hydrogen-bond donors (Lipinski definition) is 0. The van der Waals surface area contributed by atoms with Crippen LogP contribution in [0.4, 0.5) is 0 Å². The predicted octanol–water partition coefficient (Wildman–Crippen LogP) is 16.1. The molecule has 0 saturated heterocycles. The van der Waals surface area contributed by atoms with Crippen molar-refractivity contribution in [2.75, 3.05) is 13.2 Å². The van der Waals surface area contributed by atoms with Crippen molar-refractivity contribution in [1.29, 1.82) is 0 Å². The van der Waals surface area contributed by atoms with Gasteiger partial charge in [0.15, 0.2) is 6.10 Å². The lowest BCUT2D eigenvalue weighted by atomic mass is 10.0. The molecule has 0 aromatic carbocycles. The van der Waals surface area contributed by atoms with E-state index >= 15 is 0 Å². The third kappa shape index (κ3) is 45.3. The van der Waals surface area contributed by atoms with Gasteiger partial charge in [0, 0.05) is 19.3 Å². The van der Waals surface area contributed by atoms with Gasteiger partial charge in [-0.1, -0.05) is 240 Å². The fraction of sp³-hybridized carbons (Fsp3) is 0.941. The summed E-state index contributed by atoms with van der Waals surface area (Å²) in [4.78, 5) is 37.8. The lowest BCUT2D eigenvalue weighted by Gasteiger charge is -2.18. The minimum absolute atomic E-state index is 0.0641. The molecule has 0 aliphatic carbocycles. The summed E-state index contributed by atoms with van der Waals surface area (Å²) < 4.78 is 16.8. The van der Waals surface area contributed by atoms with Gasteiger partial charge in [0.25, 0.3) is 0 Å². The Labute approximate surface area is 355 Å². The van der Waals surface area contributed by atoms with Gasteiger partial charge in [0.1, 0.15) is 13.2 Å². The molecular formula is C51H98O6. The van der Waals surface area contributed by atoms with Crippen LogP contribution in [0.2, 0.25) is 0 Å². The molecule has 0 bridgehead atoms. The van der Waals surface area contributed by atoms with Crippen LogP contribution in [-0.4, -0.2) is 37.2 Å². The highest BCUT2D eigenvalue weighted by Gasteiger charge is 2.19. The largest absolute Gasteiger partial charge is 0.462 e. The van der Waals surface area contributed by atoms with Gasteiger partial charge in [-0.25, -0.2) is 0 Å². The van der Waals surface area contributed by atoms with Gasteiger partial charge in [-0.05, 0) is 31.1 Å². The van der Waals surface area contributed by atoms with Gasteiger partial charge in [-0.2, -0.15) is 0 Å². The number of carbonyl (C=O) groups is 3. The van der Waals surface area contributed by atoms with Crippen molar-refractivity contribution in [1.82, 2.24) is 0 Å². The molecule has 0 heterocycles. The zero-order valence-corrected chi connectivity index (χ0v) is 39.0. The van der Waals surface area contributed by atoms with Crippen LogP contribution in [0.1, 0.15) is 279 Å². The van der Waals surface area contributed by atoms with E-state index in [-0.39, 0.29) is 31.1 Å². The van der Waals surface area contributed by atoms with Gasteiger partial charge in [-0.3, -0.25) is 14.4 Å². The molecule has 0 rings (SSSR count).